The second kappa shape index (κ2) is 5.83. The van der Waals surface area contributed by atoms with Gasteiger partial charge in [0, 0.05) is 37.6 Å². The Kier molecular flexibility index (Phi) is 4.03. The summed E-state index contributed by atoms with van der Waals surface area (Å²) in [6.07, 6.45) is 0. The van der Waals surface area contributed by atoms with Crippen molar-refractivity contribution in [1.82, 2.24) is 9.21 Å². The van der Waals surface area contributed by atoms with Crippen LogP contribution in [0.4, 0.5) is 0 Å². The number of nitrogens with zero attached hydrogens (tertiary/aromatic N) is 2. The lowest BCUT2D eigenvalue weighted by Gasteiger charge is -2.33. The van der Waals surface area contributed by atoms with E-state index >= 15 is 0 Å². The van der Waals surface area contributed by atoms with Gasteiger partial charge < -0.3 is 9.32 Å². The van der Waals surface area contributed by atoms with Crippen LogP contribution in [0.2, 0.25) is 0 Å². The number of hydrogen-bond donors (Lipinski definition) is 0. The lowest BCUT2D eigenvalue weighted by atomic mass is 10.2. The molecule has 2 heterocycles. The van der Waals surface area contributed by atoms with Crippen molar-refractivity contribution in [3.8, 4) is 0 Å². The Bertz CT molecular complexity index is 836. The van der Waals surface area contributed by atoms with E-state index < -0.39 is 15.6 Å². The van der Waals surface area contributed by atoms with Crippen molar-refractivity contribution in [2.24, 2.45) is 0 Å². The maximum Gasteiger partial charge on any atom is 0.336 e. The fraction of sp³-hybridized carbons (Fsp3) is 0.400. The van der Waals surface area contributed by atoms with Crippen molar-refractivity contribution < 1.29 is 12.8 Å². The van der Waals surface area contributed by atoms with Crippen LogP contribution in [-0.2, 0) is 10.0 Å². The average molecular weight is 322 g/mol. The van der Waals surface area contributed by atoms with E-state index in [1.807, 2.05) is 0 Å². The molecule has 1 saturated heterocycles. The van der Waals surface area contributed by atoms with Gasteiger partial charge in [-0.25, -0.2) is 13.2 Å². The highest BCUT2D eigenvalue weighted by atomic mass is 32.2. The van der Waals surface area contributed by atoms with Gasteiger partial charge in [0.25, 0.3) is 0 Å². The van der Waals surface area contributed by atoms with E-state index in [4.69, 9.17) is 4.42 Å². The number of rotatable bonds is 3. The molecule has 1 aliphatic heterocycles. The fourth-order valence-corrected chi connectivity index (χ4v) is 4.10. The molecule has 0 atom stereocenters. The van der Waals surface area contributed by atoms with Gasteiger partial charge in [0.2, 0.25) is 10.0 Å². The zero-order valence-electron chi connectivity index (χ0n) is 12.4. The smallest absolute Gasteiger partial charge is 0.336 e. The van der Waals surface area contributed by atoms with E-state index in [-0.39, 0.29) is 4.90 Å². The fourth-order valence-electron chi connectivity index (χ4n) is 2.65. The molecule has 0 amide bonds. The van der Waals surface area contributed by atoms with Gasteiger partial charge in [-0.3, -0.25) is 0 Å². The van der Waals surface area contributed by atoms with Crippen molar-refractivity contribution in [3.05, 3.63) is 40.8 Å². The Labute approximate surface area is 129 Å². The maximum atomic E-state index is 12.7. The number of sulfonamides is 1. The normalized spacial score (nSPS) is 17.9. The molecule has 118 valence electrons. The predicted octanol–water partition coefficient (Wildman–Crippen LogP) is 1.12. The van der Waals surface area contributed by atoms with E-state index in [1.165, 1.54) is 22.5 Å². The Hall–Kier alpha value is -1.70. The summed E-state index contributed by atoms with van der Waals surface area (Å²) in [5.41, 5.74) is -0.0546. The Morgan fingerprint density at radius 1 is 1.09 bits per heavy atom. The number of benzene rings is 1. The molecule has 22 heavy (non-hydrogen) atoms. The molecule has 6 nitrogen and oxygen atoms in total. The van der Waals surface area contributed by atoms with Crippen LogP contribution in [-0.4, -0.2) is 50.3 Å². The quantitative estimate of drug-likeness (QED) is 0.792. The van der Waals surface area contributed by atoms with E-state index in [1.54, 1.807) is 12.1 Å². The minimum absolute atomic E-state index is 0.235. The van der Waals surface area contributed by atoms with E-state index in [0.717, 1.165) is 19.6 Å². The predicted molar refractivity (Wildman–Crippen MR) is 83.4 cm³/mol. The second-order valence-corrected chi connectivity index (χ2v) is 7.23. The third-order valence-electron chi connectivity index (χ3n) is 4.01. The molecular formula is C15H18N2O4S. The van der Waals surface area contributed by atoms with Crippen molar-refractivity contribution in [3.63, 3.8) is 0 Å². The molecule has 2 aromatic rings. The van der Waals surface area contributed by atoms with Gasteiger partial charge >= 0.3 is 5.63 Å². The van der Waals surface area contributed by atoms with Gasteiger partial charge in [0.15, 0.2) is 0 Å². The van der Waals surface area contributed by atoms with Crippen molar-refractivity contribution >= 4 is 21.0 Å². The lowest BCUT2D eigenvalue weighted by Crippen LogP contribution is -2.48. The first-order chi connectivity index (χ1) is 10.5. The Balaban J connectivity index is 1.92. The summed E-state index contributed by atoms with van der Waals surface area (Å²) in [6, 6.07) is 7.45. The molecule has 1 aromatic carbocycles. The Morgan fingerprint density at radius 3 is 2.50 bits per heavy atom. The highest BCUT2D eigenvalue weighted by Gasteiger charge is 2.28. The molecule has 0 unspecified atom stereocenters. The molecule has 0 N–H and O–H groups in total. The molecule has 7 heteroatoms. The van der Waals surface area contributed by atoms with E-state index in [0.29, 0.717) is 24.1 Å². The summed E-state index contributed by atoms with van der Waals surface area (Å²) in [7, 11) is -3.51. The third-order valence-corrected chi connectivity index (χ3v) is 5.90. The highest BCUT2D eigenvalue weighted by Crippen LogP contribution is 2.22. The molecule has 1 aromatic heterocycles. The third kappa shape index (κ3) is 2.79. The van der Waals surface area contributed by atoms with Gasteiger partial charge in [0.1, 0.15) is 5.58 Å². The topological polar surface area (TPSA) is 70.8 Å². The van der Waals surface area contributed by atoms with Crippen LogP contribution in [0.5, 0.6) is 0 Å². The van der Waals surface area contributed by atoms with Gasteiger partial charge in [-0.2, -0.15) is 4.31 Å². The summed E-state index contributed by atoms with van der Waals surface area (Å²) in [6.45, 7) is 5.50. The van der Waals surface area contributed by atoms with Crippen LogP contribution in [0.1, 0.15) is 6.92 Å². The van der Waals surface area contributed by atoms with Crippen LogP contribution in [0, 0.1) is 0 Å². The molecule has 0 bridgehead atoms. The zero-order valence-corrected chi connectivity index (χ0v) is 13.2. The van der Waals surface area contributed by atoms with Crippen LogP contribution in [0.15, 0.2) is 44.4 Å². The van der Waals surface area contributed by atoms with Gasteiger partial charge in [-0.1, -0.05) is 6.92 Å². The minimum Gasteiger partial charge on any atom is -0.423 e. The summed E-state index contributed by atoms with van der Waals surface area (Å²) < 4.78 is 32.0. The zero-order chi connectivity index (χ0) is 15.7. The molecule has 0 radical (unpaired) electrons. The van der Waals surface area contributed by atoms with Crippen molar-refractivity contribution in [2.45, 2.75) is 11.8 Å². The highest BCUT2D eigenvalue weighted by molar-refractivity contribution is 7.89. The van der Waals surface area contributed by atoms with Crippen molar-refractivity contribution in [2.75, 3.05) is 32.7 Å². The summed E-state index contributed by atoms with van der Waals surface area (Å²) in [5, 5.41) is 0.605. The SMILES string of the molecule is CCN1CCN(S(=O)(=O)c2ccc3oc(=O)ccc3c2)CC1. The van der Waals surface area contributed by atoms with Gasteiger partial charge in [0.05, 0.1) is 4.90 Å². The van der Waals surface area contributed by atoms with E-state index in [2.05, 4.69) is 11.8 Å². The number of fused-ring (bicyclic) bond motifs is 1. The first-order valence-corrected chi connectivity index (χ1v) is 8.71. The summed E-state index contributed by atoms with van der Waals surface area (Å²) in [5.74, 6) is 0. The van der Waals surface area contributed by atoms with Gasteiger partial charge in [-0.05, 0) is 30.8 Å². The van der Waals surface area contributed by atoms with Gasteiger partial charge in [-0.15, -0.1) is 0 Å². The standard InChI is InChI=1S/C15H18N2O4S/c1-2-16-7-9-17(10-8-16)22(19,20)13-4-5-14-12(11-13)3-6-15(18)21-14/h3-6,11H,2,7-10H2,1H3. The molecule has 0 saturated carbocycles. The molecule has 0 spiro atoms. The number of hydrogen-bond acceptors (Lipinski definition) is 5. The van der Waals surface area contributed by atoms with Crippen LogP contribution in [0.3, 0.4) is 0 Å². The molecule has 3 rings (SSSR count). The first-order valence-electron chi connectivity index (χ1n) is 7.27. The molecule has 0 aliphatic carbocycles. The average Bonchev–Trinajstić information content (AvgIpc) is 2.54. The molecular weight excluding hydrogens is 304 g/mol. The number of likely N-dealkylation sites (N-methyl/N-ethyl adjacent to an activating group) is 1. The van der Waals surface area contributed by atoms with Crippen LogP contribution >= 0.6 is 0 Å². The van der Waals surface area contributed by atoms with Crippen LogP contribution < -0.4 is 5.63 Å². The largest absolute Gasteiger partial charge is 0.423 e. The Morgan fingerprint density at radius 2 is 1.82 bits per heavy atom. The molecule has 1 fully saturated rings. The molecule has 1 aliphatic rings. The maximum absolute atomic E-state index is 12.7. The summed E-state index contributed by atoms with van der Waals surface area (Å²) in [4.78, 5) is 13.6. The lowest BCUT2D eigenvalue weighted by molar-refractivity contribution is 0.196. The minimum atomic E-state index is -3.51. The van der Waals surface area contributed by atoms with Crippen LogP contribution in [0.25, 0.3) is 11.0 Å². The van der Waals surface area contributed by atoms with Crippen molar-refractivity contribution in [1.29, 1.82) is 0 Å². The monoisotopic (exact) mass is 322 g/mol. The summed E-state index contributed by atoms with van der Waals surface area (Å²) >= 11 is 0. The first kappa shape index (κ1) is 15.2. The van der Waals surface area contributed by atoms with E-state index in [9.17, 15) is 13.2 Å². The second-order valence-electron chi connectivity index (χ2n) is 5.29. The number of piperazine rings is 1.